The molecule has 19 heavy (non-hydrogen) atoms. The van der Waals surface area contributed by atoms with Crippen LogP contribution in [0.2, 0.25) is 0 Å². The SMILES string of the molecule is Cc1ccccc1-c1cnc(N(C)C(C)CN)nc1. The molecule has 0 radical (unpaired) electrons. The lowest BCUT2D eigenvalue weighted by atomic mass is 10.0. The molecule has 0 saturated carbocycles. The number of nitrogens with zero attached hydrogens (tertiary/aromatic N) is 3. The van der Waals surface area contributed by atoms with Crippen LogP contribution in [0.3, 0.4) is 0 Å². The molecule has 0 aliphatic carbocycles. The maximum atomic E-state index is 5.65. The standard InChI is InChI=1S/C15H20N4/c1-11-6-4-5-7-14(11)13-9-17-15(18-10-13)19(3)12(2)8-16/h4-7,9-10,12H,8,16H2,1-3H3. The fourth-order valence-electron chi connectivity index (χ4n) is 1.89. The zero-order valence-corrected chi connectivity index (χ0v) is 11.7. The fourth-order valence-corrected chi connectivity index (χ4v) is 1.89. The number of rotatable bonds is 4. The van der Waals surface area contributed by atoms with Crippen LogP contribution in [0.1, 0.15) is 12.5 Å². The van der Waals surface area contributed by atoms with Crippen molar-refractivity contribution < 1.29 is 0 Å². The van der Waals surface area contributed by atoms with Gasteiger partial charge >= 0.3 is 0 Å². The quantitative estimate of drug-likeness (QED) is 0.911. The van der Waals surface area contributed by atoms with E-state index in [0.717, 1.165) is 5.56 Å². The van der Waals surface area contributed by atoms with Crippen molar-refractivity contribution in [3.8, 4) is 11.1 Å². The molecule has 0 bridgehead atoms. The predicted octanol–water partition coefficient (Wildman–Crippen LogP) is 2.24. The molecule has 0 aliphatic rings. The first-order valence-electron chi connectivity index (χ1n) is 6.44. The van der Waals surface area contributed by atoms with E-state index in [4.69, 9.17) is 5.73 Å². The number of hydrogen-bond donors (Lipinski definition) is 1. The first-order chi connectivity index (χ1) is 9.13. The summed E-state index contributed by atoms with van der Waals surface area (Å²) in [6, 6.07) is 8.46. The van der Waals surface area contributed by atoms with Crippen molar-refractivity contribution >= 4 is 5.95 Å². The van der Waals surface area contributed by atoms with E-state index in [1.54, 1.807) is 0 Å². The zero-order chi connectivity index (χ0) is 13.8. The molecule has 1 atom stereocenters. The van der Waals surface area contributed by atoms with Gasteiger partial charge in [0.15, 0.2) is 0 Å². The number of aryl methyl sites for hydroxylation is 1. The second-order valence-electron chi connectivity index (χ2n) is 4.78. The Morgan fingerprint density at radius 2 is 1.84 bits per heavy atom. The molecule has 2 N–H and O–H groups in total. The van der Waals surface area contributed by atoms with Crippen molar-refractivity contribution in [1.29, 1.82) is 0 Å². The van der Waals surface area contributed by atoms with E-state index >= 15 is 0 Å². The Kier molecular flexibility index (Phi) is 4.12. The molecule has 1 heterocycles. The van der Waals surface area contributed by atoms with Crippen LogP contribution in [-0.2, 0) is 0 Å². The van der Waals surface area contributed by atoms with Gasteiger partial charge in [-0.05, 0) is 25.0 Å². The fraction of sp³-hybridized carbons (Fsp3) is 0.333. The average molecular weight is 256 g/mol. The number of aromatic nitrogens is 2. The second kappa shape index (κ2) is 5.80. The molecule has 1 unspecified atom stereocenters. The van der Waals surface area contributed by atoms with Crippen molar-refractivity contribution in [3.05, 3.63) is 42.2 Å². The van der Waals surface area contributed by atoms with Gasteiger partial charge in [-0.25, -0.2) is 9.97 Å². The van der Waals surface area contributed by atoms with Crippen molar-refractivity contribution in [2.45, 2.75) is 19.9 Å². The first-order valence-corrected chi connectivity index (χ1v) is 6.44. The Morgan fingerprint density at radius 3 is 2.42 bits per heavy atom. The van der Waals surface area contributed by atoms with Crippen molar-refractivity contribution in [2.75, 3.05) is 18.5 Å². The lowest BCUT2D eigenvalue weighted by Gasteiger charge is -2.23. The monoisotopic (exact) mass is 256 g/mol. The summed E-state index contributed by atoms with van der Waals surface area (Å²) in [6.07, 6.45) is 3.73. The molecule has 2 aromatic rings. The van der Waals surface area contributed by atoms with Crippen LogP contribution < -0.4 is 10.6 Å². The highest BCUT2D eigenvalue weighted by Crippen LogP contribution is 2.22. The topological polar surface area (TPSA) is 55.0 Å². The van der Waals surface area contributed by atoms with Crippen molar-refractivity contribution in [3.63, 3.8) is 0 Å². The number of hydrogen-bond acceptors (Lipinski definition) is 4. The van der Waals surface area contributed by atoms with E-state index < -0.39 is 0 Å². The lowest BCUT2D eigenvalue weighted by molar-refractivity contribution is 0.678. The summed E-state index contributed by atoms with van der Waals surface area (Å²) in [4.78, 5) is 10.8. The van der Waals surface area contributed by atoms with Crippen molar-refractivity contribution in [1.82, 2.24) is 9.97 Å². The molecule has 0 amide bonds. The number of benzene rings is 1. The molecule has 1 aromatic heterocycles. The molecule has 4 nitrogen and oxygen atoms in total. The van der Waals surface area contributed by atoms with Gasteiger partial charge in [0.2, 0.25) is 5.95 Å². The third-order valence-corrected chi connectivity index (χ3v) is 3.41. The molecule has 1 aromatic carbocycles. The summed E-state index contributed by atoms with van der Waals surface area (Å²) in [7, 11) is 1.96. The van der Waals surface area contributed by atoms with Crippen LogP contribution in [0.15, 0.2) is 36.7 Å². The Morgan fingerprint density at radius 1 is 1.21 bits per heavy atom. The summed E-state index contributed by atoms with van der Waals surface area (Å²) in [5.74, 6) is 0.704. The molecular weight excluding hydrogens is 236 g/mol. The Hall–Kier alpha value is -1.94. The van der Waals surface area contributed by atoms with E-state index in [1.807, 2.05) is 36.5 Å². The van der Waals surface area contributed by atoms with E-state index in [-0.39, 0.29) is 6.04 Å². The van der Waals surface area contributed by atoms with Gasteiger partial charge in [0.1, 0.15) is 0 Å². The van der Waals surface area contributed by atoms with E-state index in [2.05, 4.69) is 35.9 Å². The van der Waals surface area contributed by atoms with Gasteiger partial charge < -0.3 is 10.6 Å². The molecular formula is C15H20N4. The maximum absolute atomic E-state index is 5.65. The highest BCUT2D eigenvalue weighted by molar-refractivity contribution is 5.65. The summed E-state index contributed by atoms with van der Waals surface area (Å²) in [5, 5.41) is 0. The lowest BCUT2D eigenvalue weighted by Crippen LogP contribution is -2.36. The van der Waals surface area contributed by atoms with Crippen LogP contribution in [-0.4, -0.2) is 29.6 Å². The van der Waals surface area contributed by atoms with Gasteiger partial charge in [-0.2, -0.15) is 0 Å². The highest BCUT2D eigenvalue weighted by Gasteiger charge is 2.11. The molecule has 100 valence electrons. The summed E-state index contributed by atoms with van der Waals surface area (Å²) in [5.41, 5.74) is 9.09. The molecule has 0 aliphatic heterocycles. The number of likely N-dealkylation sites (N-methyl/N-ethyl adjacent to an activating group) is 1. The Labute approximate surface area is 114 Å². The largest absolute Gasteiger partial charge is 0.340 e. The smallest absolute Gasteiger partial charge is 0.225 e. The van der Waals surface area contributed by atoms with Crippen LogP contribution in [0, 0.1) is 6.92 Å². The summed E-state index contributed by atoms with van der Waals surface area (Å²) < 4.78 is 0. The van der Waals surface area contributed by atoms with Crippen molar-refractivity contribution in [2.24, 2.45) is 5.73 Å². The maximum Gasteiger partial charge on any atom is 0.225 e. The summed E-state index contributed by atoms with van der Waals surface area (Å²) >= 11 is 0. The molecule has 0 saturated heterocycles. The Bertz CT molecular complexity index is 536. The average Bonchev–Trinajstić information content (AvgIpc) is 2.46. The zero-order valence-electron chi connectivity index (χ0n) is 11.7. The third-order valence-electron chi connectivity index (χ3n) is 3.41. The van der Waals surface area contributed by atoms with Gasteiger partial charge in [-0.1, -0.05) is 24.3 Å². The van der Waals surface area contributed by atoms with Gasteiger partial charge in [0, 0.05) is 37.6 Å². The van der Waals surface area contributed by atoms with Gasteiger partial charge in [0.25, 0.3) is 0 Å². The van der Waals surface area contributed by atoms with Gasteiger partial charge in [-0.3, -0.25) is 0 Å². The molecule has 2 rings (SSSR count). The first kappa shape index (κ1) is 13.5. The molecule has 0 fully saturated rings. The minimum atomic E-state index is 0.226. The van der Waals surface area contributed by atoms with E-state index in [1.165, 1.54) is 11.1 Å². The molecule has 4 heteroatoms. The summed E-state index contributed by atoms with van der Waals surface area (Å²) in [6.45, 7) is 4.73. The van der Waals surface area contributed by atoms with E-state index in [9.17, 15) is 0 Å². The third kappa shape index (κ3) is 2.90. The van der Waals surface area contributed by atoms with Crippen LogP contribution in [0.25, 0.3) is 11.1 Å². The number of anilines is 1. The van der Waals surface area contributed by atoms with E-state index in [0.29, 0.717) is 12.5 Å². The predicted molar refractivity (Wildman–Crippen MR) is 79.1 cm³/mol. The second-order valence-corrected chi connectivity index (χ2v) is 4.78. The van der Waals surface area contributed by atoms with Crippen LogP contribution >= 0.6 is 0 Å². The highest BCUT2D eigenvalue weighted by atomic mass is 15.2. The van der Waals surface area contributed by atoms with Gasteiger partial charge in [0.05, 0.1) is 0 Å². The van der Waals surface area contributed by atoms with Crippen LogP contribution in [0.5, 0.6) is 0 Å². The van der Waals surface area contributed by atoms with Crippen LogP contribution in [0.4, 0.5) is 5.95 Å². The Balaban J connectivity index is 2.26. The van der Waals surface area contributed by atoms with Gasteiger partial charge in [-0.15, -0.1) is 0 Å². The minimum absolute atomic E-state index is 0.226. The minimum Gasteiger partial charge on any atom is -0.340 e. The number of nitrogens with two attached hydrogens (primary N) is 1. The molecule has 0 spiro atoms. The normalized spacial score (nSPS) is 12.2.